The maximum Gasteiger partial charge on any atom is 0.0403 e. The molecule has 1 aromatic rings. The average Bonchev–Trinajstić information content (AvgIpc) is 2.44. The second kappa shape index (κ2) is 4.50. The van der Waals surface area contributed by atoms with Crippen molar-refractivity contribution in [2.75, 3.05) is 0 Å². The maximum atomic E-state index is 5.93. The summed E-state index contributed by atoms with van der Waals surface area (Å²) in [6, 6.07) is 8.58. The molecule has 0 bridgehead atoms. The van der Waals surface area contributed by atoms with Gasteiger partial charge in [-0.25, -0.2) is 0 Å². The lowest BCUT2D eigenvalue weighted by molar-refractivity contribution is 1.37. The molecule has 1 aliphatic carbocycles. The Morgan fingerprint density at radius 3 is 2.53 bits per heavy atom. The van der Waals surface area contributed by atoms with Gasteiger partial charge in [0.1, 0.15) is 0 Å². The topological polar surface area (TPSA) is 0 Å². The fraction of sp³-hybridized carbons (Fsp3) is 0.143. The number of hydrogen-bond acceptors (Lipinski definition) is 0. The van der Waals surface area contributed by atoms with Gasteiger partial charge in [0.15, 0.2) is 0 Å². The third kappa shape index (κ3) is 2.60. The molecular weight excluding hydrogens is 204 g/mol. The first kappa shape index (κ1) is 10.3. The molecule has 0 amide bonds. The molecule has 0 saturated heterocycles. The van der Waals surface area contributed by atoms with E-state index in [9.17, 15) is 0 Å². The lowest BCUT2D eigenvalue weighted by Crippen LogP contribution is -1.82. The number of aryl methyl sites for hydroxylation is 1. The van der Waals surface area contributed by atoms with Crippen LogP contribution in [0.4, 0.5) is 0 Å². The zero-order valence-corrected chi connectivity index (χ0v) is 9.46. The molecule has 76 valence electrons. The van der Waals surface area contributed by atoms with Crippen molar-refractivity contribution in [1.29, 1.82) is 0 Å². The number of benzene rings is 1. The smallest absolute Gasteiger partial charge is 0.0403 e. The molecule has 0 spiro atoms. The second-order valence-electron chi connectivity index (χ2n) is 3.72. The monoisotopic (exact) mass is 216 g/mol. The minimum absolute atomic E-state index is 0.789. The van der Waals surface area contributed by atoms with E-state index in [1.165, 1.54) is 16.7 Å². The van der Waals surface area contributed by atoms with Crippen LogP contribution in [0, 0.1) is 6.92 Å². The molecule has 0 radical (unpaired) electrons. The highest BCUT2D eigenvalue weighted by molar-refractivity contribution is 6.31. The minimum Gasteiger partial charge on any atom is -0.0844 e. The van der Waals surface area contributed by atoms with E-state index in [-0.39, 0.29) is 0 Å². The Bertz CT molecular complexity index is 433. The predicted molar refractivity (Wildman–Crippen MR) is 66.8 cm³/mol. The third-order valence-electron chi connectivity index (χ3n) is 2.48. The van der Waals surface area contributed by atoms with Crippen LogP contribution in [0.25, 0.3) is 5.57 Å². The van der Waals surface area contributed by atoms with E-state index in [1.54, 1.807) is 0 Å². The van der Waals surface area contributed by atoms with E-state index in [1.807, 2.05) is 12.2 Å². The van der Waals surface area contributed by atoms with Gasteiger partial charge in [-0.05, 0) is 36.6 Å². The van der Waals surface area contributed by atoms with Crippen LogP contribution in [0.1, 0.15) is 17.5 Å². The van der Waals surface area contributed by atoms with Crippen LogP contribution in [0.2, 0.25) is 0 Å². The molecular formula is C14H13Cl. The molecule has 1 aromatic carbocycles. The molecule has 0 atom stereocenters. The van der Waals surface area contributed by atoms with Crippen molar-refractivity contribution in [3.63, 3.8) is 0 Å². The largest absolute Gasteiger partial charge is 0.0844 e. The van der Waals surface area contributed by atoms with Gasteiger partial charge in [-0.2, -0.15) is 0 Å². The zero-order valence-electron chi connectivity index (χ0n) is 8.70. The molecule has 2 rings (SSSR count). The van der Waals surface area contributed by atoms with E-state index in [0.29, 0.717) is 0 Å². The van der Waals surface area contributed by atoms with Crippen LogP contribution >= 0.6 is 11.6 Å². The highest BCUT2D eigenvalue weighted by atomic mass is 35.5. The summed E-state index contributed by atoms with van der Waals surface area (Å²) in [5, 5.41) is 0.789. The van der Waals surface area contributed by atoms with Crippen molar-refractivity contribution < 1.29 is 0 Å². The summed E-state index contributed by atoms with van der Waals surface area (Å²) in [5.74, 6) is 0. The summed E-state index contributed by atoms with van der Waals surface area (Å²) in [6.45, 7) is 2.10. The van der Waals surface area contributed by atoms with Crippen molar-refractivity contribution >= 4 is 17.2 Å². The zero-order chi connectivity index (χ0) is 10.7. The maximum absolute atomic E-state index is 5.93. The number of rotatable bonds is 1. The van der Waals surface area contributed by atoms with E-state index < -0.39 is 0 Å². The summed E-state index contributed by atoms with van der Waals surface area (Å²) in [7, 11) is 0. The standard InChI is InChI=1S/C14H13Cl/c1-11-5-7-13(8-6-11)12-3-2-4-14(15)10-9-12/h2,4-10H,3H2,1H3. The third-order valence-corrected chi connectivity index (χ3v) is 2.73. The highest BCUT2D eigenvalue weighted by Gasteiger charge is 2.01. The Labute approximate surface area is 95.6 Å². The van der Waals surface area contributed by atoms with Gasteiger partial charge in [0, 0.05) is 5.03 Å². The van der Waals surface area contributed by atoms with Gasteiger partial charge >= 0.3 is 0 Å². The Kier molecular flexibility index (Phi) is 3.08. The molecule has 0 aromatic heterocycles. The van der Waals surface area contributed by atoms with Crippen molar-refractivity contribution in [2.24, 2.45) is 0 Å². The summed E-state index contributed by atoms with van der Waals surface area (Å²) in [5.41, 5.74) is 3.87. The first-order valence-corrected chi connectivity index (χ1v) is 5.43. The van der Waals surface area contributed by atoms with Crippen LogP contribution in [0.5, 0.6) is 0 Å². The van der Waals surface area contributed by atoms with Gasteiger partial charge in [-0.3, -0.25) is 0 Å². The van der Waals surface area contributed by atoms with Crippen molar-refractivity contribution in [1.82, 2.24) is 0 Å². The Morgan fingerprint density at radius 1 is 1.07 bits per heavy atom. The molecule has 1 heteroatoms. The number of allylic oxidation sites excluding steroid dienone is 6. The summed E-state index contributed by atoms with van der Waals surface area (Å²) in [6.07, 6.45) is 9.01. The Morgan fingerprint density at radius 2 is 1.80 bits per heavy atom. The van der Waals surface area contributed by atoms with E-state index in [0.717, 1.165) is 11.5 Å². The van der Waals surface area contributed by atoms with Gasteiger partial charge in [-0.1, -0.05) is 53.6 Å². The van der Waals surface area contributed by atoms with Crippen molar-refractivity contribution in [2.45, 2.75) is 13.3 Å². The normalized spacial score (nSPS) is 15.6. The van der Waals surface area contributed by atoms with E-state index >= 15 is 0 Å². The molecule has 0 fully saturated rings. The van der Waals surface area contributed by atoms with Crippen molar-refractivity contribution in [3.8, 4) is 0 Å². The molecule has 0 nitrogen and oxygen atoms in total. The van der Waals surface area contributed by atoms with E-state index in [4.69, 9.17) is 11.6 Å². The number of halogens is 1. The van der Waals surface area contributed by atoms with Gasteiger partial charge in [0.2, 0.25) is 0 Å². The quantitative estimate of drug-likeness (QED) is 0.650. The first-order valence-electron chi connectivity index (χ1n) is 5.05. The fourth-order valence-corrected chi connectivity index (χ4v) is 1.74. The molecule has 0 heterocycles. The predicted octanol–water partition coefficient (Wildman–Crippen LogP) is 4.46. The molecule has 0 unspecified atom stereocenters. The Balaban J connectivity index is 2.32. The first-order chi connectivity index (χ1) is 7.25. The van der Waals surface area contributed by atoms with Gasteiger partial charge in [-0.15, -0.1) is 0 Å². The second-order valence-corrected chi connectivity index (χ2v) is 4.15. The highest BCUT2D eigenvalue weighted by Crippen LogP contribution is 2.23. The molecule has 15 heavy (non-hydrogen) atoms. The molecule has 1 aliphatic rings. The van der Waals surface area contributed by atoms with Crippen LogP contribution in [-0.2, 0) is 0 Å². The molecule has 0 saturated carbocycles. The van der Waals surface area contributed by atoms with Gasteiger partial charge in [0.25, 0.3) is 0 Å². The summed E-state index contributed by atoms with van der Waals surface area (Å²) < 4.78 is 0. The Hall–Kier alpha value is -1.27. The number of hydrogen-bond donors (Lipinski definition) is 0. The van der Waals surface area contributed by atoms with Crippen LogP contribution in [0.3, 0.4) is 0 Å². The van der Waals surface area contributed by atoms with Crippen LogP contribution in [-0.4, -0.2) is 0 Å². The minimum atomic E-state index is 0.789. The van der Waals surface area contributed by atoms with Gasteiger partial charge in [0.05, 0.1) is 0 Å². The SMILES string of the molecule is Cc1ccc(C2=CC=C(Cl)C=CC2)cc1. The summed E-state index contributed by atoms with van der Waals surface area (Å²) >= 11 is 5.93. The van der Waals surface area contributed by atoms with Crippen LogP contribution in [0.15, 0.2) is 53.6 Å². The molecule has 0 aliphatic heterocycles. The van der Waals surface area contributed by atoms with E-state index in [2.05, 4.69) is 43.3 Å². The fourth-order valence-electron chi connectivity index (χ4n) is 1.58. The summed E-state index contributed by atoms with van der Waals surface area (Å²) in [4.78, 5) is 0. The van der Waals surface area contributed by atoms with Crippen LogP contribution < -0.4 is 0 Å². The lowest BCUT2D eigenvalue weighted by atomic mass is 10.0. The lowest BCUT2D eigenvalue weighted by Gasteiger charge is -2.03. The molecule has 0 N–H and O–H groups in total. The van der Waals surface area contributed by atoms with Crippen molar-refractivity contribution in [3.05, 3.63) is 64.7 Å². The van der Waals surface area contributed by atoms with Gasteiger partial charge < -0.3 is 0 Å². The average molecular weight is 217 g/mol.